The molecule has 0 atom stereocenters. The lowest BCUT2D eigenvalue weighted by molar-refractivity contribution is -0.151. The van der Waals surface area contributed by atoms with E-state index in [-0.39, 0.29) is 0 Å². The van der Waals surface area contributed by atoms with E-state index in [4.69, 9.17) is 5.11 Å². The molecule has 0 amide bonds. The average Bonchev–Trinajstić information content (AvgIpc) is 1.91. The molecule has 0 bridgehead atoms. The number of aliphatic hydroxyl groups is 1. The Morgan fingerprint density at radius 3 is 2.30 bits per heavy atom. The summed E-state index contributed by atoms with van der Waals surface area (Å²) in [6, 6.07) is 0. The molecular weight excluding hydrogens is 136 g/mol. The van der Waals surface area contributed by atoms with Crippen LogP contribution in [0.25, 0.3) is 0 Å². The van der Waals surface area contributed by atoms with Crippen molar-refractivity contribution in [1.82, 2.24) is 0 Å². The average molecular weight is 146 g/mol. The first-order valence-electron chi connectivity index (χ1n) is 2.66. The number of aliphatic hydroxyl groups excluding tert-OH is 1. The van der Waals surface area contributed by atoms with Crippen LogP contribution in [0.2, 0.25) is 0 Å². The summed E-state index contributed by atoms with van der Waals surface area (Å²) in [4.78, 5) is 10.7. The van der Waals surface area contributed by atoms with E-state index >= 15 is 0 Å². The fourth-order valence-electron chi connectivity index (χ4n) is 0.481. The Morgan fingerprint density at radius 2 is 2.00 bits per heavy atom. The lowest BCUT2D eigenvalue weighted by Gasteiger charge is -2.07. The van der Waals surface area contributed by atoms with Crippen molar-refractivity contribution in [3.8, 4) is 0 Å². The second kappa shape index (κ2) is 4.96. The lowest BCUT2D eigenvalue weighted by Crippen LogP contribution is -2.22. The highest BCUT2D eigenvalue weighted by Gasteiger charge is 2.12. The van der Waals surface area contributed by atoms with Crippen molar-refractivity contribution in [2.24, 2.45) is 0 Å². The number of hydrogen-bond donors (Lipinski definition) is 1. The van der Waals surface area contributed by atoms with Crippen LogP contribution in [0.15, 0.2) is 12.3 Å². The molecule has 0 aliphatic rings. The Hall–Kier alpha value is -0.870. The van der Waals surface area contributed by atoms with Gasteiger partial charge in [0.05, 0.1) is 6.26 Å². The van der Waals surface area contributed by atoms with Crippen LogP contribution in [0.3, 0.4) is 0 Å². The van der Waals surface area contributed by atoms with Crippen LogP contribution in [0.4, 0.5) is 0 Å². The maximum Gasteiger partial charge on any atom is 0.221 e. The number of carbonyl (C=O) groups is 1. The zero-order chi connectivity index (χ0) is 7.98. The van der Waals surface area contributed by atoms with Crippen molar-refractivity contribution in [2.75, 3.05) is 14.2 Å². The summed E-state index contributed by atoms with van der Waals surface area (Å²) in [5.74, 6) is -0.424. The van der Waals surface area contributed by atoms with Gasteiger partial charge in [0.2, 0.25) is 12.1 Å². The minimum absolute atomic E-state index is 0.424. The first-order valence-corrected chi connectivity index (χ1v) is 2.66. The van der Waals surface area contributed by atoms with Gasteiger partial charge in [-0.25, -0.2) is 0 Å². The van der Waals surface area contributed by atoms with Gasteiger partial charge >= 0.3 is 0 Å². The highest BCUT2D eigenvalue weighted by molar-refractivity contribution is 5.92. The first-order chi connectivity index (χ1) is 4.76. The standard InChI is InChI=1S/C6H10O4/c1-9-6(10-2)5(8)3-4-7/h3-4,6-7H,1-2H3/b4-3+. The van der Waals surface area contributed by atoms with Crippen molar-refractivity contribution in [2.45, 2.75) is 6.29 Å². The van der Waals surface area contributed by atoms with Gasteiger partial charge in [-0.2, -0.15) is 0 Å². The third kappa shape index (κ3) is 2.61. The van der Waals surface area contributed by atoms with Crippen molar-refractivity contribution in [1.29, 1.82) is 0 Å². The number of rotatable bonds is 4. The fourth-order valence-corrected chi connectivity index (χ4v) is 0.481. The van der Waals surface area contributed by atoms with Gasteiger partial charge in [-0.15, -0.1) is 0 Å². The van der Waals surface area contributed by atoms with E-state index in [0.29, 0.717) is 6.26 Å². The maximum absolute atomic E-state index is 10.7. The molecule has 4 nitrogen and oxygen atoms in total. The molecular formula is C6H10O4. The van der Waals surface area contributed by atoms with Crippen LogP contribution in [0.1, 0.15) is 0 Å². The monoisotopic (exact) mass is 146 g/mol. The molecule has 1 N–H and O–H groups in total. The molecule has 58 valence electrons. The van der Waals surface area contributed by atoms with Crippen LogP contribution < -0.4 is 0 Å². The largest absolute Gasteiger partial charge is 0.515 e. The van der Waals surface area contributed by atoms with Gasteiger partial charge in [-0.1, -0.05) is 0 Å². The third-order valence-corrected chi connectivity index (χ3v) is 0.899. The Balaban J connectivity index is 3.89. The predicted octanol–water partition coefficient (Wildman–Crippen LogP) is 0.246. The molecule has 0 radical (unpaired) electrons. The molecule has 0 aromatic rings. The molecule has 0 aromatic carbocycles. The van der Waals surface area contributed by atoms with Crippen molar-refractivity contribution in [3.63, 3.8) is 0 Å². The number of ketones is 1. The predicted molar refractivity (Wildman–Crippen MR) is 34.6 cm³/mol. The van der Waals surface area contributed by atoms with E-state index in [2.05, 4.69) is 9.47 Å². The normalized spacial score (nSPS) is 11.1. The molecule has 10 heavy (non-hydrogen) atoms. The second-order valence-corrected chi connectivity index (χ2v) is 1.52. The highest BCUT2D eigenvalue weighted by atomic mass is 16.7. The highest BCUT2D eigenvalue weighted by Crippen LogP contribution is 1.93. The minimum Gasteiger partial charge on any atom is -0.515 e. The quantitative estimate of drug-likeness (QED) is 0.351. The van der Waals surface area contributed by atoms with Gasteiger partial charge in [0.25, 0.3) is 0 Å². The molecule has 0 rings (SSSR count). The summed E-state index contributed by atoms with van der Waals surface area (Å²) >= 11 is 0. The Morgan fingerprint density at radius 1 is 1.50 bits per heavy atom. The zero-order valence-electron chi connectivity index (χ0n) is 5.90. The van der Waals surface area contributed by atoms with Gasteiger partial charge < -0.3 is 14.6 Å². The van der Waals surface area contributed by atoms with E-state index in [0.717, 1.165) is 6.08 Å². The molecule has 0 spiro atoms. The molecule has 0 aliphatic heterocycles. The van der Waals surface area contributed by atoms with Crippen molar-refractivity contribution >= 4 is 5.78 Å². The number of carbonyl (C=O) groups excluding carboxylic acids is 1. The van der Waals surface area contributed by atoms with E-state index in [1.54, 1.807) is 0 Å². The smallest absolute Gasteiger partial charge is 0.221 e. The molecule has 0 unspecified atom stereocenters. The van der Waals surface area contributed by atoms with E-state index in [1.807, 2.05) is 0 Å². The van der Waals surface area contributed by atoms with Crippen molar-refractivity contribution in [3.05, 3.63) is 12.3 Å². The van der Waals surface area contributed by atoms with Crippen molar-refractivity contribution < 1.29 is 19.4 Å². The summed E-state index contributed by atoms with van der Waals surface area (Å²) < 4.78 is 9.16. The van der Waals surface area contributed by atoms with E-state index in [9.17, 15) is 4.79 Å². The summed E-state index contributed by atoms with van der Waals surface area (Å²) in [6.07, 6.45) is 0.703. The molecule has 0 fully saturated rings. The Kier molecular flexibility index (Phi) is 4.53. The molecule has 4 heteroatoms. The topological polar surface area (TPSA) is 55.8 Å². The molecule has 0 saturated carbocycles. The van der Waals surface area contributed by atoms with Crippen LogP contribution in [0.5, 0.6) is 0 Å². The summed E-state index contributed by atoms with van der Waals surface area (Å²) in [5.41, 5.74) is 0. The van der Waals surface area contributed by atoms with E-state index in [1.165, 1.54) is 14.2 Å². The summed E-state index contributed by atoms with van der Waals surface area (Å²) in [7, 11) is 2.69. The van der Waals surface area contributed by atoms with Crippen LogP contribution in [-0.4, -0.2) is 31.4 Å². The SMILES string of the molecule is COC(OC)C(=O)/C=C/O. The van der Waals surface area contributed by atoms with Gasteiger partial charge in [-0.3, -0.25) is 4.79 Å². The second-order valence-electron chi connectivity index (χ2n) is 1.52. The summed E-state index contributed by atoms with van der Waals surface area (Å²) in [6.45, 7) is 0. The van der Waals surface area contributed by atoms with E-state index < -0.39 is 12.1 Å². The number of hydrogen-bond acceptors (Lipinski definition) is 4. The Bertz CT molecular complexity index is 126. The lowest BCUT2D eigenvalue weighted by atomic mass is 10.4. The third-order valence-electron chi connectivity index (χ3n) is 0.899. The van der Waals surface area contributed by atoms with Crippen LogP contribution in [0, 0.1) is 0 Å². The number of ether oxygens (including phenoxy) is 2. The molecule has 0 aliphatic carbocycles. The summed E-state index contributed by atoms with van der Waals surface area (Å²) in [5, 5.41) is 8.16. The fraction of sp³-hybridized carbons (Fsp3) is 0.500. The van der Waals surface area contributed by atoms with Gasteiger partial charge in [0.1, 0.15) is 0 Å². The Labute approximate surface area is 59.1 Å². The molecule has 0 saturated heterocycles. The maximum atomic E-state index is 10.7. The minimum atomic E-state index is -0.914. The number of methoxy groups -OCH3 is 2. The van der Waals surface area contributed by atoms with Gasteiger partial charge in [-0.05, 0) is 0 Å². The molecule has 0 heterocycles. The van der Waals surface area contributed by atoms with Gasteiger partial charge in [0, 0.05) is 20.3 Å². The molecule has 0 aromatic heterocycles. The van der Waals surface area contributed by atoms with Crippen LogP contribution >= 0.6 is 0 Å². The van der Waals surface area contributed by atoms with Gasteiger partial charge in [0.15, 0.2) is 0 Å². The van der Waals surface area contributed by atoms with Crippen LogP contribution in [-0.2, 0) is 14.3 Å². The zero-order valence-corrected chi connectivity index (χ0v) is 5.90. The first kappa shape index (κ1) is 9.13.